The van der Waals surface area contributed by atoms with Gasteiger partial charge in [0.05, 0.1) is 10.9 Å². The van der Waals surface area contributed by atoms with Crippen molar-refractivity contribution < 1.29 is 10.2 Å². The monoisotopic (exact) mass is 210 g/mol. The van der Waals surface area contributed by atoms with Gasteiger partial charge in [0.25, 0.3) is 0 Å². The molecule has 12 heavy (non-hydrogen) atoms. The summed E-state index contributed by atoms with van der Waals surface area (Å²) in [6.45, 7) is 4.04. The highest BCUT2D eigenvalue weighted by Gasteiger charge is 2.07. The van der Waals surface area contributed by atoms with E-state index in [0.29, 0.717) is 12.8 Å². The summed E-state index contributed by atoms with van der Waals surface area (Å²) in [5.41, 5.74) is -0.607. The zero-order valence-electron chi connectivity index (χ0n) is 7.69. The van der Waals surface area contributed by atoms with E-state index in [0.717, 1.165) is 11.5 Å². The minimum atomic E-state index is -0.304. The lowest BCUT2D eigenvalue weighted by Gasteiger charge is -2.11. The third-order valence-electron chi connectivity index (χ3n) is 1.38. The molecule has 0 aliphatic rings. The van der Waals surface area contributed by atoms with Crippen LogP contribution in [0.1, 0.15) is 26.7 Å². The van der Waals surface area contributed by atoms with E-state index in [9.17, 15) is 10.2 Å². The van der Waals surface area contributed by atoms with Crippen LogP contribution in [0.5, 0.6) is 0 Å². The molecule has 0 amide bonds. The average molecular weight is 210 g/mol. The summed E-state index contributed by atoms with van der Waals surface area (Å²) >= 11 is 3.05. The highest BCUT2D eigenvalue weighted by atomic mass is 32.2. The molecular formula is C8H18O2S2. The largest absolute Gasteiger partial charge is 0.382 e. The first-order valence-corrected chi connectivity index (χ1v) is 6.39. The molecule has 0 aliphatic heterocycles. The van der Waals surface area contributed by atoms with Crippen LogP contribution in [0.2, 0.25) is 0 Å². The molecule has 2 nitrogen and oxygen atoms in total. The highest BCUT2D eigenvalue weighted by Crippen LogP contribution is 2.18. The standard InChI is InChI=1S/C8H18O2S2/c1-3-11-7(9)5-6-8(10)12-4-2/h7-10H,3-6H2,1-2H3. The van der Waals surface area contributed by atoms with Crippen molar-refractivity contribution in [3.05, 3.63) is 0 Å². The third-order valence-corrected chi connectivity index (χ3v) is 3.29. The Morgan fingerprint density at radius 2 is 1.25 bits per heavy atom. The first-order valence-electron chi connectivity index (χ1n) is 4.30. The molecule has 0 fully saturated rings. The van der Waals surface area contributed by atoms with Gasteiger partial charge in [-0.2, -0.15) is 0 Å². The molecule has 2 atom stereocenters. The average Bonchev–Trinajstić information content (AvgIpc) is 2.02. The van der Waals surface area contributed by atoms with Gasteiger partial charge >= 0.3 is 0 Å². The number of aliphatic hydroxyl groups excluding tert-OH is 2. The van der Waals surface area contributed by atoms with Gasteiger partial charge in [0.2, 0.25) is 0 Å². The maximum absolute atomic E-state index is 9.31. The van der Waals surface area contributed by atoms with E-state index in [1.54, 1.807) is 0 Å². The fourth-order valence-electron chi connectivity index (χ4n) is 0.837. The molecule has 0 bridgehead atoms. The van der Waals surface area contributed by atoms with Crippen molar-refractivity contribution in [1.29, 1.82) is 0 Å². The van der Waals surface area contributed by atoms with E-state index in [1.165, 1.54) is 23.5 Å². The summed E-state index contributed by atoms with van der Waals surface area (Å²) < 4.78 is 0. The molecule has 2 unspecified atom stereocenters. The lowest BCUT2D eigenvalue weighted by Crippen LogP contribution is -2.08. The maximum atomic E-state index is 9.31. The molecule has 2 N–H and O–H groups in total. The Balaban J connectivity index is 3.27. The van der Waals surface area contributed by atoms with Gasteiger partial charge in [0.15, 0.2) is 0 Å². The lowest BCUT2D eigenvalue weighted by molar-refractivity contribution is 0.204. The normalized spacial score (nSPS) is 16.0. The van der Waals surface area contributed by atoms with Gasteiger partial charge in [-0.25, -0.2) is 0 Å². The van der Waals surface area contributed by atoms with Gasteiger partial charge in [-0.1, -0.05) is 13.8 Å². The van der Waals surface area contributed by atoms with Crippen LogP contribution in [0.4, 0.5) is 0 Å². The second kappa shape index (κ2) is 8.23. The molecule has 0 saturated heterocycles. The Bertz CT molecular complexity index is 89.1. The van der Waals surface area contributed by atoms with E-state index < -0.39 is 0 Å². The quantitative estimate of drug-likeness (QED) is 0.630. The van der Waals surface area contributed by atoms with Crippen molar-refractivity contribution in [2.45, 2.75) is 37.6 Å². The molecule has 0 heterocycles. The van der Waals surface area contributed by atoms with Crippen LogP contribution in [-0.2, 0) is 0 Å². The molecule has 0 rings (SSSR count). The minimum Gasteiger partial charge on any atom is -0.382 e. The van der Waals surface area contributed by atoms with Crippen LogP contribution in [0, 0.1) is 0 Å². The molecule has 0 aromatic carbocycles. The fourth-order valence-corrected chi connectivity index (χ4v) is 2.21. The summed E-state index contributed by atoms with van der Waals surface area (Å²) in [6, 6.07) is 0. The first kappa shape index (κ1) is 12.6. The molecule has 0 aromatic heterocycles. The Morgan fingerprint density at radius 3 is 1.50 bits per heavy atom. The Kier molecular flexibility index (Phi) is 8.65. The van der Waals surface area contributed by atoms with Crippen molar-refractivity contribution in [3.63, 3.8) is 0 Å². The van der Waals surface area contributed by atoms with E-state index in [2.05, 4.69) is 0 Å². The maximum Gasteiger partial charge on any atom is 0.0993 e. The zero-order valence-corrected chi connectivity index (χ0v) is 9.33. The van der Waals surface area contributed by atoms with Gasteiger partial charge in [0, 0.05) is 0 Å². The topological polar surface area (TPSA) is 40.5 Å². The van der Waals surface area contributed by atoms with Crippen molar-refractivity contribution in [2.24, 2.45) is 0 Å². The smallest absolute Gasteiger partial charge is 0.0993 e. The summed E-state index contributed by atoms with van der Waals surface area (Å²) in [5.74, 6) is 1.86. The van der Waals surface area contributed by atoms with Gasteiger partial charge in [0.1, 0.15) is 0 Å². The first-order chi connectivity index (χ1) is 5.70. The van der Waals surface area contributed by atoms with Crippen molar-refractivity contribution in [2.75, 3.05) is 11.5 Å². The Labute approximate surface area is 83.1 Å². The van der Waals surface area contributed by atoms with E-state index in [1.807, 2.05) is 13.8 Å². The predicted molar refractivity (Wildman–Crippen MR) is 57.5 cm³/mol. The molecule has 74 valence electrons. The van der Waals surface area contributed by atoms with Gasteiger partial charge in [-0.15, -0.1) is 23.5 Å². The van der Waals surface area contributed by atoms with Gasteiger partial charge in [-0.05, 0) is 24.3 Å². The van der Waals surface area contributed by atoms with Crippen LogP contribution in [0.3, 0.4) is 0 Å². The predicted octanol–water partition coefficient (Wildman–Crippen LogP) is 1.91. The molecule has 4 heteroatoms. The number of hydrogen-bond acceptors (Lipinski definition) is 4. The number of aliphatic hydroxyl groups is 2. The third kappa shape index (κ3) is 7.28. The second-order valence-corrected chi connectivity index (χ2v) is 5.31. The zero-order chi connectivity index (χ0) is 9.40. The molecule has 0 radical (unpaired) electrons. The molecule has 0 aliphatic carbocycles. The molecule has 0 aromatic rings. The molecule has 0 saturated carbocycles. The fraction of sp³-hybridized carbons (Fsp3) is 1.00. The van der Waals surface area contributed by atoms with Crippen molar-refractivity contribution in [3.8, 4) is 0 Å². The minimum absolute atomic E-state index is 0.304. The highest BCUT2D eigenvalue weighted by molar-refractivity contribution is 8.00. The lowest BCUT2D eigenvalue weighted by atomic mass is 10.3. The van der Waals surface area contributed by atoms with Gasteiger partial charge < -0.3 is 10.2 Å². The molecular weight excluding hydrogens is 192 g/mol. The second-order valence-electron chi connectivity index (χ2n) is 2.40. The van der Waals surface area contributed by atoms with E-state index in [-0.39, 0.29) is 10.9 Å². The van der Waals surface area contributed by atoms with Crippen LogP contribution in [0.25, 0.3) is 0 Å². The Morgan fingerprint density at radius 1 is 0.917 bits per heavy atom. The van der Waals surface area contributed by atoms with Crippen molar-refractivity contribution in [1.82, 2.24) is 0 Å². The summed E-state index contributed by atoms with van der Waals surface area (Å²) in [6.07, 6.45) is 1.37. The summed E-state index contributed by atoms with van der Waals surface area (Å²) in [4.78, 5) is 0. The molecule has 0 spiro atoms. The number of rotatable bonds is 7. The summed E-state index contributed by atoms with van der Waals surface area (Å²) in [7, 11) is 0. The van der Waals surface area contributed by atoms with Crippen LogP contribution < -0.4 is 0 Å². The van der Waals surface area contributed by atoms with Crippen molar-refractivity contribution >= 4 is 23.5 Å². The van der Waals surface area contributed by atoms with E-state index >= 15 is 0 Å². The number of thioether (sulfide) groups is 2. The summed E-state index contributed by atoms with van der Waals surface area (Å²) in [5, 5.41) is 18.6. The van der Waals surface area contributed by atoms with E-state index in [4.69, 9.17) is 0 Å². The van der Waals surface area contributed by atoms with Crippen LogP contribution >= 0.6 is 23.5 Å². The van der Waals surface area contributed by atoms with Crippen LogP contribution in [0.15, 0.2) is 0 Å². The number of hydrogen-bond donors (Lipinski definition) is 2. The SMILES string of the molecule is CCSC(O)CCC(O)SCC. The van der Waals surface area contributed by atoms with Gasteiger partial charge in [-0.3, -0.25) is 0 Å². The Hall–Kier alpha value is 0.620. The van der Waals surface area contributed by atoms with Crippen LogP contribution in [-0.4, -0.2) is 32.6 Å².